The van der Waals surface area contributed by atoms with E-state index in [1.54, 1.807) is 25.1 Å². The Bertz CT molecular complexity index is 807. The predicted octanol–water partition coefficient (Wildman–Crippen LogP) is 3.13. The third-order valence-corrected chi connectivity index (χ3v) is 4.25. The van der Waals surface area contributed by atoms with Crippen LogP contribution in [0.1, 0.15) is 44.3 Å². The number of methoxy groups -OCH3 is 1. The van der Waals surface area contributed by atoms with Crippen LogP contribution in [0.3, 0.4) is 0 Å². The second kappa shape index (κ2) is 7.70. The van der Waals surface area contributed by atoms with Crippen LogP contribution in [0, 0.1) is 18.3 Å². The first kappa shape index (κ1) is 17.6. The molecule has 0 saturated heterocycles. The van der Waals surface area contributed by atoms with Gasteiger partial charge in [-0.2, -0.15) is 5.26 Å². The van der Waals surface area contributed by atoms with Crippen LogP contribution in [0.5, 0.6) is 5.75 Å². The lowest BCUT2D eigenvalue weighted by Gasteiger charge is -2.09. The highest BCUT2D eigenvalue weighted by Gasteiger charge is 2.26. The SMILES string of the molecule is CCOC(=O)c1csc(C(C#N)C(=O)c2ccc(C)c(OC)c2)n1. The van der Waals surface area contributed by atoms with E-state index in [0.29, 0.717) is 11.3 Å². The molecular weight excluding hydrogens is 328 g/mol. The van der Waals surface area contributed by atoms with Gasteiger partial charge in [-0.1, -0.05) is 12.1 Å². The highest BCUT2D eigenvalue weighted by molar-refractivity contribution is 7.10. The van der Waals surface area contributed by atoms with Crippen LogP contribution in [-0.2, 0) is 4.74 Å². The number of Topliss-reactive ketones (excluding diaryl/α,β-unsaturated/α-hetero) is 1. The lowest BCUT2D eigenvalue weighted by Crippen LogP contribution is -2.12. The van der Waals surface area contributed by atoms with Gasteiger partial charge in [0.2, 0.25) is 0 Å². The number of hydrogen-bond acceptors (Lipinski definition) is 7. The molecule has 0 spiro atoms. The fourth-order valence-electron chi connectivity index (χ4n) is 2.08. The van der Waals surface area contributed by atoms with Gasteiger partial charge in [0, 0.05) is 10.9 Å². The molecule has 0 radical (unpaired) electrons. The number of thiazole rings is 1. The molecule has 124 valence electrons. The molecule has 1 aromatic carbocycles. The van der Waals surface area contributed by atoms with Crippen molar-refractivity contribution in [2.24, 2.45) is 0 Å². The topological polar surface area (TPSA) is 89.3 Å². The summed E-state index contributed by atoms with van der Waals surface area (Å²) in [6.07, 6.45) is 0. The summed E-state index contributed by atoms with van der Waals surface area (Å²) in [6.45, 7) is 3.79. The zero-order valence-corrected chi connectivity index (χ0v) is 14.3. The fraction of sp³-hybridized carbons (Fsp3) is 0.294. The van der Waals surface area contributed by atoms with Crippen molar-refractivity contribution in [1.29, 1.82) is 5.26 Å². The Labute approximate surface area is 143 Å². The largest absolute Gasteiger partial charge is 0.496 e. The summed E-state index contributed by atoms with van der Waals surface area (Å²) >= 11 is 1.09. The molecule has 0 aliphatic rings. The lowest BCUT2D eigenvalue weighted by molar-refractivity contribution is 0.0519. The van der Waals surface area contributed by atoms with E-state index >= 15 is 0 Å². The van der Waals surface area contributed by atoms with E-state index in [9.17, 15) is 14.9 Å². The van der Waals surface area contributed by atoms with Crippen LogP contribution in [0.15, 0.2) is 23.6 Å². The highest BCUT2D eigenvalue weighted by Crippen LogP contribution is 2.27. The molecular formula is C17H16N2O4S. The van der Waals surface area contributed by atoms with E-state index in [1.807, 2.05) is 13.0 Å². The Morgan fingerprint density at radius 1 is 1.42 bits per heavy atom. The molecule has 2 aromatic rings. The molecule has 1 unspecified atom stereocenters. The second-order valence-corrected chi connectivity index (χ2v) is 5.79. The molecule has 7 heteroatoms. The van der Waals surface area contributed by atoms with Crippen molar-refractivity contribution in [2.45, 2.75) is 19.8 Å². The molecule has 0 N–H and O–H groups in total. The van der Waals surface area contributed by atoms with E-state index in [-0.39, 0.29) is 23.1 Å². The summed E-state index contributed by atoms with van der Waals surface area (Å²) in [4.78, 5) is 28.4. The molecule has 0 amide bonds. The number of carbonyl (C=O) groups excluding carboxylic acids is 2. The first-order chi connectivity index (χ1) is 11.5. The Morgan fingerprint density at radius 2 is 2.17 bits per heavy atom. The van der Waals surface area contributed by atoms with E-state index < -0.39 is 11.9 Å². The second-order valence-electron chi connectivity index (χ2n) is 4.90. The van der Waals surface area contributed by atoms with Gasteiger partial charge >= 0.3 is 5.97 Å². The molecule has 1 atom stereocenters. The highest BCUT2D eigenvalue weighted by atomic mass is 32.1. The maximum atomic E-state index is 12.6. The quantitative estimate of drug-likeness (QED) is 0.591. The van der Waals surface area contributed by atoms with Gasteiger partial charge < -0.3 is 9.47 Å². The number of benzene rings is 1. The predicted molar refractivity (Wildman–Crippen MR) is 88.5 cm³/mol. The van der Waals surface area contributed by atoms with Crippen molar-refractivity contribution in [3.63, 3.8) is 0 Å². The number of hydrogen-bond donors (Lipinski definition) is 0. The Morgan fingerprint density at radius 3 is 2.79 bits per heavy atom. The maximum absolute atomic E-state index is 12.6. The summed E-state index contributed by atoms with van der Waals surface area (Å²) in [6, 6.07) is 6.96. The van der Waals surface area contributed by atoms with Crippen molar-refractivity contribution >= 4 is 23.1 Å². The third kappa shape index (κ3) is 3.60. The van der Waals surface area contributed by atoms with Crippen LogP contribution in [0.4, 0.5) is 0 Å². The van der Waals surface area contributed by atoms with Gasteiger partial charge in [-0.25, -0.2) is 9.78 Å². The van der Waals surface area contributed by atoms with Crippen LogP contribution in [-0.4, -0.2) is 30.5 Å². The van der Waals surface area contributed by atoms with Crippen molar-refractivity contribution < 1.29 is 19.1 Å². The Kier molecular flexibility index (Phi) is 5.66. The smallest absolute Gasteiger partial charge is 0.357 e. The summed E-state index contributed by atoms with van der Waals surface area (Å²) in [5.74, 6) is -1.46. The summed E-state index contributed by atoms with van der Waals surface area (Å²) in [5, 5.41) is 11.1. The number of carbonyl (C=O) groups is 2. The number of ether oxygens (including phenoxy) is 2. The van der Waals surface area contributed by atoms with Gasteiger partial charge in [-0.05, 0) is 25.5 Å². The molecule has 0 bridgehead atoms. The molecule has 24 heavy (non-hydrogen) atoms. The van der Waals surface area contributed by atoms with Crippen molar-refractivity contribution in [1.82, 2.24) is 4.98 Å². The summed E-state index contributed by atoms with van der Waals surface area (Å²) < 4.78 is 10.1. The third-order valence-electron chi connectivity index (χ3n) is 3.34. The molecule has 1 aromatic heterocycles. The summed E-state index contributed by atoms with van der Waals surface area (Å²) in [5.41, 5.74) is 1.35. The molecule has 0 saturated carbocycles. The molecule has 1 heterocycles. The van der Waals surface area contributed by atoms with Crippen LogP contribution in [0.25, 0.3) is 0 Å². The molecule has 0 aliphatic heterocycles. The number of nitriles is 1. The minimum absolute atomic E-state index is 0.103. The average molecular weight is 344 g/mol. The van der Waals surface area contributed by atoms with Crippen molar-refractivity contribution in [3.05, 3.63) is 45.4 Å². The van der Waals surface area contributed by atoms with E-state index in [2.05, 4.69) is 4.98 Å². The van der Waals surface area contributed by atoms with Gasteiger partial charge in [0.25, 0.3) is 0 Å². The fourth-order valence-corrected chi connectivity index (χ4v) is 2.91. The number of aryl methyl sites for hydroxylation is 1. The minimum atomic E-state index is -1.08. The van der Waals surface area contributed by atoms with E-state index in [4.69, 9.17) is 9.47 Å². The number of ketones is 1. The maximum Gasteiger partial charge on any atom is 0.357 e. The Hall–Kier alpha value is -2.72. The van der Waals surface area contributed by atoms with Gasteiger partial charge in [0.05, 0.1) is 19.8 Å². The molecule has 2 rings (SSSR count). The summed E-state index contributed by atoms with van der Waals surface area (Å²) in [7, 11) is 1.52. The van der Waals surface area contributed by atoms with Crippen LogP contribution in [0.2, 0.25) is 0 Å². The number of nitrogens with zero attached hydrogens (tertiary/aromatic N) is 2. The zero-order valence-electron chi connectivity index (χ0n) is 13.5. The zero-order chi connectivity index (χ0) is 17.7. The first-order valence-electron chi connectivity index (χ1n) is 7.22. The number of aromatic nitrogens is 1. The molecule has 0 fully saturated rings. The lowest BCUT2D eigenvalue weighted by atomic mass is 9.98. The average Bonchev–Trinajstić information content (AvgIpc) is 3.06. The van der Waals surface area contributed by atoms with Crippen LogP contribution < -0.4 is 4.74 Å². The van der Waals surface area contributed by atoms with Crippen LogP contribution >= 0.6 is 11.3 Å². The van der Waals surface area contributed by atoms with Crippen molar-refractivity contribution in [2.75, 3.05) is 13.7 Å². The monoisotopic (exact) mass is 344 g/mol. The van der Waals surface area contributed by atoms with E-state index in [0.717, 1.165) is 16.9 Å². The molecule has 6 nitrogen and oxygen atoms in total. The standard InChI is InChI=1S/C17H16N2O4S/c1-4-23-17(21)13-9-24-16(19-13)12(8-18)15(20)11-6-5-10(2)14(7-11)22-3/h5-7,9,12H,4H2,1-3H3. The van der Waals surface area contributed by atoms with Gasteiger partial charge in [0.1, 0.15) is 10.8 Å². The molecule has 0 aliphatic carbocycles. The van der Waals surface area contributed by atoms with Gasteiger partial charge in [-0.3, -0.25) is 4.79 Å². The number of esters is 1. The van der Waals surface area contributed by atoms with Crippen molar-refractivity contribution in [3.8, 4) is 11.8 Å². The van der Waals surface area contributed by atoms with E-state index in [1.165, 1.54) is 12.5 Å². The minimum Gasteiger partial charge on any atom is -0.496 e. The normalized spacial score (nSPS) is 11.4. The van der Waals surface area contributed by atoms with Gasteiger partial charge in [-0.15, -0.1) is 11.3 Å². The first-order valence-corrected chi connectivity index (χ1v) is 8.10. The number of rotatable bonds is 6. The Balaban J connectivity index is 2.30. The van der Waals surface area contributed by atoms with Gasteiger partial charge in [0.15, 0.2) is 17.4 Å².